The number of nitrogens with zero attached hydrogens (tertiary/aromatic N) is 1. The number of benzene rings is 2. The van der Waals surface area contributed by atoms with E-state index in [9.17, 15) is 14.0 Å². The zero-order valence-electron chi connectivity index (χ0n) is 15.1. The van der Waals surface area contributed by atoms with Gasteiger partial charge in [0.1, 0.15) is 5.75 Å². The van der Waals surface area contributed by atoms with Crippen molar-refractivity contribution in [2.45, 2.75) is 25.6 Å². The summed E-state index contributed by atoms with van der Waals surface area (Å²) in [4.78, 5) is 26.5. The first-order valence-corrected chi connectivity index (χ1v) is 8.61. The number of rotatable bonds is 5. The number of methoxy groups -OCH3 is 1. The number of carbonyl (C=O) groups excluding carboxylic acids is 2. The second-order valence-corrected chi connectivity index (χ2v) is 5.99. The van der Waals surface area contributed by atoms with E-state index in [1.54, 1.807) is 43.3 Å². The van der Waals surface area contributed by atoms with E-state index in [1.807, 2.05) is 0 Å². The van der Waals surface area contributed by atoms with Crippen LogP contribution in [-0.2, 0) is 14.3 Å². The molecular formula is C20H20FNO5. The molecule has 0 bridgehead atoms. The molecule has 0 aliphatic carbocycles. The van der Waals surface area contributed by atoms with Crippen LogP contribution in [0.3, 0.4) is 0 Å². The second-order valence-electron chi connectivity index (χ2n) is 5.99. The van der Waals surface area contributed by atoms with E-state index in [0.29, 0.717) is 17.9 Å². The molecule has 27 heavy (non-hydrogen) atoms. The minimum absolute atomic E-state index is 0.00348. The average molecular weight is 373 g/mol. The van der Waals surface area contributed by atoms with Gasteiger partial charge in [-0.1, -0.05) is 31.2 Å². The summed E-state index contributed by atoms with van der Waals surface area (Å²) in [6, 6.07) is 12.8. The Bertz CT molecular complexity index is 841. The maximum Gasteiger partial charge on any atom is 0.348 e. The molecule has 0 fully saturated rings. The van der Waals surface area contributed by atoms with Gasteiger partial charge >= 0.3 is 5.97 Å². The number of hydrogen-bond donors (Lipinski definition) is 0. The van der Waals surface area contributed by atoms with Gasteiger partial charge in [0.15, 0.2) is 17.7 Å². The molecule has 0 saturated carbocycles. The van der Waals surface area contributed by atoms with E-state index in [4.69, 9.17) is 14.2 Å². The Morgan fingerprint density at radius 3 is 2.63 bits per heavy atom. The third-order valence-corrected chi connectivity index (χ3v) is 4.26. The fraction of sp³-hybridized carbons (Fsp3) is 0.300. The third-order valence-electron chi connectivity index (χ3n) is 4.26. The Balaban J connectivity index is 1.89. The molecule has 0 radical (unpaired) electrons. The van der Waals surface area contributed by atoms with Gasteiger partial charge in [-0.15, -0.1) is 0 Å². The molecule has 1 heterocycles. The summed E-state index contributed by atoms with van der Waals surface area (Å²) in [7, 11) is 1.26. The molecule has 1 aliphatic rings. The summed E-state index contributed by atoms with van der Waals surface area (Å²) < 4.78 is 29.9. The van der Waals surface area contributed by atoms with Crippen LogP contribution in [0, 0.1) is 5.82 Å². The smallest absolute Gasteiger partial charge is 0.348 e. The molecule has 1 aliphatic heterocycles. The quantitative estimate of drug-likeness (QED) is 0.754. The van der Waals surface area contributed by atoms with E-state index in [0.717, 1.165) is 0 Å². The zero-order chi connectivity index (χ0) is 19.4. The van der Waals surface area contributed by atoms with E-state index in [-0.39, 0.29) is 18.2 Å². The van der Waals surface area contributed by atoms with Gasteiger partial charge in [-0.25, -0.2) is 9.18 Å². The van der Waals surface area contributed by atoms with Crippen LogP contribution in [0.1, 0.15) is 13.3 Å². The van der Waals surface area contributed by atoms with Gasteiger partial charge in [0.25, 0.3) is 5.91 Å². The van der Waals surface area contributed by atoms with Gasteiger partial charge in [0.05, 0.1) is 19.3 Å². The lowest BCUT2D eigenvalue weighted by Gasteiger charge is -2.35. The largest absolute Gasteiger partial charge is 0.478 e. The highest BCUT2D eigenvalue weighted by atomic mass is 19.1. The van der Waals surface area contributed by atoms with Crippen LogP contribution in [0.15, 0.2) is 48.5 Å². The predicted octanol–water partition coefficient (Wildman–Crippen LogP) is 2.95. The first-order valence-electron chi connectivity index (χ1n) is 8.61. The molecule has 3 rings (SSSR count). The lowest BCUT2D eigenvalue weighted by atomic mass is 10.1. The number of carbonyl (C=O) groups is 2. The SMILES string of the molecule is CC[C@H](Oc1ccccc1F)C(=O)N1C[C@H](C(=O)OC)Oc2ccccc21. The van der Waals surface area contributed by atoms with Gasteiger partial charge < -0.3 is 19.1 Å². The van der Waals surface area contributed by atoms with E-state index in [1.165, 1.54) is 24.1 Å². The number of amides is 1. The Hall–Kier alpha value is -3.09. The van der Waals surface area contributed by atoms with Crippen LogP contribution in [0.2, 0.25) is 0 Å². The standard InChI is InChI=1S/C20H20FNO5/c1-3-15(26-16-10-6-4-8-13(16)21)19(23)22-12-18(20(24)25-2)27-17-11-7-5-9-14(17)22/h4-11,15,18H,3,12H2,1-2H3/t15-,18+/m0/s1. The molecule has 2 aromatic carbocycles. The molecule has 0 unspecified atom stereocenters. The Morgan fingerprint density at radius 1 is 1.22 bits per heavy atom. The summed E-state index contributed by atoms with van der Waals surface area (Å²) in [5.41, 5.74) is 0.526. The van der Waals surface area contributed by atoms with Crippen molar-refractivity contribution in [3.8, 4) is 11.5 Å². The summed E-state index contributed by atoms with van der Waals surface area (Å²) in [6.07, 6.45) is -1.53. The average Bonchev–Trinajstić information content (AvgIpc) is 2.71. The van der Waals surface area contributed by atoms with E-state index < -0.39 is 24.0 Å². The molecule has 0 spiro atoms. The zero-order valence-corrected chi connectivity index (χ0v) is 15.1. The maximum atomic E-state index is 13.9. The highest BCUT2D eigenvalue weighted by Gasteiger charge is 2.37. The number of para-hydroxylation sites is 3. The van der Waals surface area contributed by atoms with Gasteiger partial charge in [-0.2, -0.15) is 0 Å². The number of halogens is 1. The summed E-state index contributed by atoms with van der Waals surface area (Å²) in [5, 5.41) is 0. The summed E-state index contributed by atoms with van der Waals surface area (Å²) in [6.45, 7) is 1.76. The molecule has 2 aromatic rings. The van der Waals surface area contributed by atoms with Gasteiger partial charge in [-0.3, -0.25) is 4.79 Å². The van der Waals surface area contributed by atoms with Crippen LogP contribution in [0.4, 0.5) is 10.1 Å². The van der Waals surface area contributed by atoms with Crippen LogP contribution < -0.4 is 14.4 Å². The molecule has 6 nitrogen and oxygen atoms in total. The molecule has 142 valence electrons. The molecular weight excluding hydrogens is 353 g/mol. The highest BCUT2D eigenvalue weighted by molar-refractivity contribution is 5.99. The highest BCUT2D eigenvalue weighted by Crippen LogP contribution is 2.34. The van der Waals surface area contributed by atoms with Crippen molar-refractivity contribution in [1.29, 1.82) is 0 Å². The van der Waals surface area contributed by atoms with Crippen LogP contribution in [0.5, 0.6) is 11.5 Å². The van der Waals surface area contributed by atoms with Crippen molar-refractivity contribution < 1.29 is 28.2 Å². The summed E-state index contributed by atoms with van der Waals surface area (Å²) >= 11 is 0. The van der Waals surface area contributed by atoms with Crippen molar-refractivity contribution in [3.05, 3.63) is 54.3 Å². The number of hydrogen-bond acceptors (Lipinski definition) is 5. The number of ether oxygens (including phenoxy) is 3. The first-order chi connectivity index (χ1) is 13.0. The van der Waals surface area contributed by atoms with Crippen molar-refractivity contribution in [3.63, 3.8) is 0 Å². The molecule has 0 aromatic heterocycles. The summed E-state index contributed by atoms with van der Waals surface area (Å²) in [5.74, 6) is -1.11. The normalized spacial score (nSPS) is 16.7. The van der Waals surface area contributed by atoms with Crippen LogP contribution in [0.25, 0.3) is 0 Å². The van der Waals surface area contributed by atoms with Crippen molar-refractivity contribution in [2.75, 3.05) is 18.6 Å². The molecule has 0 N–H and O–H groups in total. The van der Waals surface area contributed by atoms with Gasteiger partial charge in [-0.05, 0) is 30.7 Å². The minimum Gasteiger partial charge on any atom is -0.478 e. The lowest BCUT2D eigenvalue weighted by molar-refractivity contribution is -0.148. The lowest BCUT2D eigenvalue weighted by Crippen LogP contribution is -2.51. The van der Waals surface area contributed by atoms with Crippen molar-refractivity contribution >= 4 is 17.6 Å². The fourth-order valence-corrected chi connectivity index (χ4v) is 2.87. The molecule has 1 amide bonds. The van der Waals surface area contributed by atoms with Gasteiger partial charge in [0, 0.05) is 0 Å². The fourth-order valence-electron chi connectivity index (χ4n) is 2.87. The van der Waals surface area contributed by atoms with E-state index >= 15 is 0 Å². The third kappa shape index (κ3) is 3.86. The maximum absolute atomic E-state index is 13.9. The van der Waals surface area contributed by atoms with Crippen LogP contribution in [-0.4, -0.2) is 37.7 Å². The Labute approximate surface area is 156 Å². The Kier molecular flexibility index (Phi) is 5.59. The second kappa shape index (κ2) is 8.07. The number of anilines is 1. The minimum atomic E-state index is -0.945. The predicted molar refractivity (Wildman–Crippen MR) is 96.3 cm³/mol. The number of fused-ring (bicyclic) bond motifs is 1. The Morgan fingerprint density at radius 2 is 1.93 bits per heavy atom. The number of esters is 1. The van der Waals surface area contributed by atoms with Gasteiger partial charge in [0.2, 0.25) is 6.10 Å². The topological polar surface area (TPSA) is 65.1 Å². The monoisotopic (exact) mass is 373 g/mol. The first kappa shape index (κ1) is 18.7. The van der Waals surface area contributed by atoms with E-state index in [2.05, 4.69) is 0 Å². The van der Waals surface area contributed by atoms with Crippen molar-refractivity contribution in [1.82, 2.24) is 0 Å². The molecule has 0 saturated heterocycles. The van der Waals surface area contributed by atoms with Crippen molar-refractivity contribution in [2.24, 2.45) is 0 Å². The molecule has 2 atom stereocenters. The van der Waals surface area contributed by atoms with Crippen LogP contribution >= 0.6 is 0 Å². The molecule has 7 heteroatoms.